The molecule has 4 heteroatoms. The van der Waals surface area contributed by atoms with Gasteiger partial charge in [0.05, 0.1) is 13.4 Å². The van der Waals surface area contributed by atoms with E-state index in [-0.39, 0.29) is 6.04 Å². The van der Waals surface area contributed by atoms with Crippen LogP contribution in [0, 0.1) is 6.92 Å². The van der Waals surface area contributed by atoms with E-state index >= 15 is 0 Å². The number of methoxy groups -OCH3 is 1. The van der Waals surface area contributed by atoms with E-state index in [1.807, 2.05) is 37.3 Å². The van der Waals surface area contributed by atoms with Gasteiger partial charge >= 0.3 is 0 Å². The van der Waals surface area contributed by atoms with Crippen molar-refractivity contribution in [2.75, 3.05) is 7.11 Å². The summed E-state index contributed by atoms with van der Waals surface area (Å²) >= 11 is 0. The largest absolute Gasteiger partial charge is 0.496 e. The third-order valence-electron chi connectivity index (χ3n) is 2.76. The van der Waals surface area contributed by atoms with Gasteiger partial charge in [-0.25, -0.2) is 5.43 Å². The van der Waals surface area contributed by atoms with Crippen molar-refractivity contribution in [1.82, 2.24) is 5.43 Å². The fraction of sp³-hybridized carbons (Fsp3) is 0.231. The lowest BCUT2D eigenvalue weighted by atomic mass is 10.0. The van der Waals surface area contributed by atoms with E-state index in [2.05, 4.69) is 5.43 Å². The Morgan fingerprint density at radius 3 is 2.76 bits per heavy atom. The third kappa shape index (κ3) is 2.33. The van der Waals surface area contributed by atoms with Crippen LogP contribution in [0.2, 0.25) is 0 Å². The molecule has 0 aliphatic carbocycles. The van der Waals surface area contributed by atoms with Crippen molar-refractivity contribution in [2.45, 2.75) is 13.0 Å². The lowest BCUT2D eigenvalue weighted by Crippen LogP contribution is -2.28. The summed E-state index contributed by atoms with van der Waals surface area (Å²) in [7, 11) is 1.66. The van der Waals surface area contributed by atoms with Gasteiger partial charge in [-0.1, -0.05) is 12.1 Å². The standard InChI is InChI=1S/C13H16N2O2/c1-9-5-6-10(8-12(9)16-2)13(15-14)11-4-3-7-17-11/h3-8,13,15H,14H2,1-2H3. The Bertz CT molecular complexity index is 480. The highest BCUT2D eigenvalue weighted by Gasteiger charge is 2.16. The summed E-state index contributed by atoms with van der Waals surface area (Å²) in [5.41, 5.74) is 4.84. The Hall–Kier alpha value is -1.78. The number of rotatable bonds is 4. The Balaban J connectivity index is 2.38. The zero-order valence-electron chi connectivity index (χ0n) is 9.94. The van der Waals surface area contributed by atoms with Crippen molar-refractivity contribution in [1.29, 1.82) is 0 Å². The Labute approximate surface area is 100 Å². The molecule has 1 unspecified atom stereocenters. The zero-order valence-corrected chi connectivity index (χ0v) is 9.94. The van der Waals surface area contributed by atoms with Gasteiger partial charge < -0.3 is 9.15 Å². The van der Waals surface area contributed by atoms with Gasteiger partial charge in [0.1, 0.15) is 17.6 Å². The number of nitrogens with one attached hydrogen (secondary N) is 1. The van der Waals surface area contributed by atoms with Gasteiger partial charge in [0, 0.05) is 0 Å². The Morgan fingerprint density at radius 1 is 1.35 bits per heavy atom. The molecule has 1 aromatic heterocycles. The molecule has 1 atom stereocenters. The minimum Gasteiger partial charge on any atom is -0.496 e. The third-order valence-corrected chi connectivity index (χ3v) is 2.76. The summed E-state index contributed by atoms with van der Waals surface area (Å²) in [6, 6.07) is 9.52. The first kappa shape index (κ1) is 11.7. The van der Waals surface area contributed by atoms with Crippen LogP contribution in [0.3, 0.4) is 0 Å². The normalized spacial score (nSPS) is 12.4. The first-order valence-corrected chi connectivity index (χ1v) is 5.40. The van der Waals surface area contributed by atoms with E-state index in [1.165, 1.54) is 0 Å². The van der Waals surface area contributed by atoms with Gasteiger partial charge in [0.2, 0.25) is 0 Å². The summed E-state index contributed by atoms with van der Waals surface area (Å²) < 4.78 is 10.7. The highest BCUT2D eigenvalue weighted by Crippen LogP contribution is 2.27. The smallest absolute Gasteiger partial charge is 0.126 e. The topological polar surface area (TPSA) is 60.4 Å². The highest BCUT2D eigenvalue weighted by atomic mass is 16.5. The number of ether oxygens (including phenoxy) is 1. The van der Waals surface area contributed by atoms with Gasteiger partial charge in [-0.2, -0.15) is 0 Å². The number of nitrogens with two attached hydrogens (primary N) is 1. The van der Waals surface area contributed by atoms with Crippen LogP contribution in [0.4, 0.5) is 0 Å². The van der Waals surface area contributed by atoms with E-state index in [1.54, 1.807) is 13.4 Å². The zero-order chi connectivity index (χ0) is 12.3. The van der Waals surface area contributed by atoms with E-state index in [9.17, 15) is 0 Å². The number of benzene rings is 1. The molecule has 0 aliphatic heterocycles. The predicted octanol–water partition coefficient (Wildman–Crippen LogP) is 2.15. The highest BCUT2D eigenvalue weighted by molar-refractivity contribution is 5.39. The van der Waals surface area contributed by atoms with Crippen LogP contribution in [-0.4, -0.2) is 7.11 Å². The van der Waals surface area contributed by atoms with Crippen molar-refractivity contribution in [3.63, 3.8) is 0 Å². The Kier molecular flexibility index (Phi) is 3.46. The summed E-state index contributed by atoms with van der Waals surface area (Å²) in [4.78, 5) is 0. The molecule has 1 aromatic carbocycles. The van der Waals surface area contributed by atoms with Gasteiger partial charge in [-0.05, 0) is 36.2 Å². The van der Waals surface area contributed by atoms with Crippen LogP contribution in [0.1, 0.15) is 22.9 Å². The molecule has 1 heterocycles. The Morgan fingerprint density at radius 2 is 2.18 bits per heavy atom. The molecule has 17 heavy (non-hydrogen) atoms. The predicted molar refractivity (Wildman–Crippen MR) is 65.6 cm³/mol. The molecule has 0 aliphatic rings. The van der Waals surface area contributed by atoms with E-state index < -0.39 is 0 Å². The molecule has 4 nitrogen and oxygen atoms in total. The van der Waals surface area contributed by atoms with Crippen LogP contribution >= 0.6 is 0 Å². The fourth-order valence-corrected chi connectivity index (χ4v) is 1.81. The van der Waals surface area contributed by atoms with E-state index in [0.29, 0.717) is 0 Å². The second-order valence-corrected chi connectivity index (χ2v) is 3.84. The summed E-state index contributed by atoms with van der Waals surface area (Å²) in [5, 5.41) is 0. The van der Waals surface area contributed by atoms with Gasteiger partial charge in [0.25, 0.3) is 0 Å². The first-order chi connectivity index (χ1) is 8.26. The van der Waals surface area contributed by atoms with E-state index in [4.69, 9.17) is 15.0 Å². The average molecular weight is 232 g/mol. The van der Waals surface area contributed by atoms with Crippen molar-refractivity contribution in [3.05, 3.63) is 53.5 Å². The SMILES string of the molecule is COc1cc(C(NN)c2ccco2)ccc1C. The molecule has 0 saturated carbocycles. The first-order valence-electron chi connectivity index (χ1n) is 5.40. The van der Waals surface area contributed by atoms with Gasteiger partial charge in [-0.15, -0.1) is 0 Å². The number of hydrazine groups is 1. The van der Waals surface area contributed by atoms with Crippen molar-refractivity contribution in [3.8, 4) is 5.75 Å². The molecule has 90 valence electrons. The molecule has 0 amide bonds. The molecule has 0 fully saturated rings. The molecule has 0 saturated heterocycles. The second kappa shape index (κ2) is 5.03. The number of hydrogen-bond donors (Lipinski definition) is 2. The van der Waals surface area contributed by atoms with Crippen LogP contribution in [0.15, 0.2) is 41.0 Å². The number of hydrogen-bond acceptors (Lipinski definition) is 4. The minimum absolute atomic E-state index is 0.167. The molecule has 2 aromatic rings. The lowest BCUT2D eigenvalue weighted by molar-refractivity contribution is 0.408. The summed E-state index contributed by atoms with van der Waals surface area (Å²) in [6.45, 7) is 2.00. The van der Waals surface area contributed by atoms with Gasteiger partial charge in [-0.3, -0.25) is 5.84 Å². The van der Waals surface area contributed by atoms with Crippen molar-refractivity contribution in [2.24, 2.45) is 5.84 Å². The van der Waals surface area contributed by atoms with Crippen LogP contribution in [0.25, 0.3) is 0 Å². The minimum atomic E-state index is -0.167. The molecular formula is C13H16N2O2. The van der Waals surface area contributed by atoms with Crippen LogP contribution < -0.4 is 16.0 Å². The van der Waals surface area contributed by atoms with E-state index in [0.717, 1.165) is 22.6 Å². The monoisotopic (exact) mass is 232 g/mol. The fourth-order valence-electron chi connectivity index (χ4n) is 1.81. The maximum absolute atomic E-state index is 5.57. The number of aryl methyl sites for hydroxylation is 1. The quantitative estimate of drug-likeness (QED) is 0.626. The summed E-state index contributed by atoms with van der Waals surface area (Å²) in [6.07, 6.45) is 1.63. The molecule has 2 rings (SSSR count). The maximum Gasteiger partial charge on any atom is 0.126 e. The van der Waals surface area contributed by atoms with Gasteiger partial charge in [0.15, 0.2) is 0 Å². The summed E-state index contributed by atoms with van der Waals surface area (Å²) in [5.74, 6) is 7.19. The van der Waals surface area contributed by atoms with Crippen molar-refractivity contribution < 1.29 is 9.15 Å². The molecular weight excluding hydrogens is 216 g/mol. The lowest BCUT2D eigenvalue weighted by Gasteiger charge is -2.15. The molecule has 0 bridgehead atoms. The maximum atomic E-state index is 5.57. The number of furan rings is 1. The van der Waals surface area contributed by atoms with Crippen molar-refractivity contribution >= 4 is 0 Å². The molecule has 3 N–H and O–H groups in total. The molecule has 0 radical (unpaired) electrons. The average Bonchev–Trinajstić information content (AvgIpc) is 2.86. The second-order valence-electron chi connectivity index (χ2n) is 3.84. The molecule has 0 spiro atoms. The van der Waals surface area contributed by atoms with Crippen LogP contribution in [-0.2, 0) is 0 Å². The van der Waals surface area contributed by atoms with Crippen LogP contribution in [0.5, 0.6) is 5.75 Å².